The molecule has 0 radical (unpaired) electrons. The molecular weight excluding hydrogens is 244 g/mol. The summed E-state index contributed by atoms with van der Waals surface area (Å²) >= 11 is 3.45. The van der Waals surface area contributed by atoms with Crippen molar-refractivity contribution in [1.82, 2.24) is 4.90 Å². The summed E-state index contributed by atoms with van der Waals surface area (Å²) in [6.45, 7) is 0.992. The van der Waals surface area contributed by atoms with Gasteiger partial charge in [-0.1, -0.05) is 34.1 Å². The van der Waals surface area contributed by atoms with Gasteiger partial charge in [-0.3, -0.25) is 9.69 Å². The molecule has 0 fully saturated rings. The van der Waals surface area contributed by atoms with Crippen molar-refractivity contribution in [2.75, 3.05) is 13.6 Å². The summed E-state index contributed by atoms with van der Waals surface area (Å²) in [6, 6.07) is 7.93. The van der Waals surface area contributed by atoms with Crippen LogP contribution in [0.2, 0.25) is 0 Å². The number of carbonyl (C=O) groups excluding carboxylic acids is 1. The second-order valence-electron chi connectivity index (χ2n) is 3.23. The molecule has 0 atom stereocenters. The second-order valence-corrected chi connectivity index (χ2v) is 4.08. The van der Waals surface area contributed by atoms with E-state index < -0.39 is 0 Å². The Hall–Kier alpha value is -0.870. The van der Waals surface area contributed by atoms with Crippen molar-refractivity contribution < 1.29 is 4.79 Å². The molecule has 0 aliphatic heterocycles. The molecule has 0 saturated heterocycles. The summed E-state index contributed by atoms with van der Waals surface area (Å²) in [5.74, 6) is -0.306. The van der Waals surface area contributed by atoms with Crippen molar-refractivity contribution >= 4 is 21.8 Å². The summed E-state index contributed by atoms with van der Waals surface area (Å²) in [6.07, 6.45) is 0. The van der Waals surface area contributed by atoms with Gasteiger partial charge < -0.3 is 5.73 Å². The fourth-order valence-electron chi connectivity index (χ4n) is 1.24. The van der Waals surface area contributed by atoms with E-state index in [9.17, 15) is 4.79 Å². The highest BCUT2D eigenvalue weighted by Crippen LogP contribution is 2.16. The van der Waals surface area contributed by atoms with Crippen LogP contribution in [0.5, 0.6) is 0 Å². The van der Waals surface area contributed by atoms with Gasteiger partial charge in [-0.15, -0.1) is 0 Å². The van der Waals surface area contributed by atoms with Gasteiger partial charge >= 0.3 is 0 Å². The summed E-state index contributed by atoms with van der Waals surface area (Å²) in [4.78, 5) is 12.5. The van der Waals surface area contributed by atoms with E-state index in [1.165, 1.54) is 0 Å². The minimum Gasteiger partial charge on any atom is -0.369 e. The maximum atomic E-state index is 10.7. The first kappa shape index (κ1) is 11.2. The number of carbonyl (C=O) groups is 1. The van der Waals surface area contributed by atoms with Gasteiger partial charge in [-0.2, -0.15) is 0 Å². The van der Waals surface area contributed by atoms with Crippen molar-refractivity contribution in [2.45, 2.75) is 6.54 Å². The van der Waals surface area contributed by atoms with Crippen LogP contribution in [0.1, 0.15) is 5.56 Å². The zero-order valence-corrected chi connectivity index (χ0v) is 9.62. The van der Waals surface area contributed by atoms with Crippen LogP contribution in [0.4, 0.5) is 0 Å². The molecule has 1 aromatic carbocycles. The molecule has 1 aromatic rings. The Morgan fingerprint density at radius 2 is 2.14 bits per heavy atom. The van der Waals surface area contributed by atoms with Gasteiger partial charge in [-0.25, -0.2) is 0 Å². The third-order valence-corrected chi connectivity index (χ3v) is 2.60. The van der Waals surface area contributed by atoms with E-state index in [-0.39, 0.29) is 12.5 Å². The first-order valence-electron chi connectivity index (χ1n) is 4.30. The first-order chi connectivity index (χ1) is 6.59. The van der Waals surface area contributed by atoms with Crippen molar-refractivity contribution in [3.8, 4) is 0 Å². The molecule has 0 heterocycles. The zero-order chi connectivity index (χ0) is 10.6. The normalized spacial score (nSPS) is 10.5. The molecular formula is C10H13BrN2O. The molecule has 76 valence electrons. The fourth-order valence-corrected chi connectivity index (χ4v) is 1.65. The maximum Gasteiger partial charge on any atom is 0.231 e. The topological polar surface area (TPSA) is 46.3 Å². The monoisotopic (exact) mass is 256 g/mol. The molecule has 0 aromatic heterocycles. The Morgan fingerprint density at radius 3 is 2.71 bits per heavy atom. The van der Waals surface area contributed by atoms with Crippen molar-refractivity contribution in [1.29, 1.82) is 0 Å². The van der Waals surface area contributed by atoms with Gasteiger partial charge in [0, 0.05) is 11.0 Å². The third kappa shape index (κ3) is 3.47. The SMILES string of the molecule is CN(CC(N)=O)Cc1ccccc1Br. The summed E-state index contributed by atoms with van der Waals surface area (Å²) in [5, 5.41) is 0. The van der Waals surface area contributed by atoms with Crippen LogP contribution in [0.3, 0.4) is 0 Å². The molecule has 14 heavy (non-hydrogen) atoms. The van der Waals surface area contributed by atoms with Crippen LogP contribution in [0.15, 0.2) is 28.7 Å². The molecule has 0 saturated carbocycles. The van der Waals surface area contributed by atoms with E-state index in [1.807, 2.05) is 36.2 Å². The molecule has 0 spiro atoms. The zero-order valence-electron chi connectivity index (χ0n) is 8.03. The molecule has 4 heteroatoms. The van der Waals surface area contributed by atoms with E-state index in [2.05, 4.69) is 15.9 Å². The largest absolute Gasteiger partial charge is 0.369 e. The molecule has 1 amide bonds. The molecule has 1 rings (SSSR count). The van der Waals surface area contributed by atoms with Crippen molar-refractivity contribution in [2.24, 2.45) is 5.73 Å². The second kappa shape index (κ2) is 5.12. The average Bonchev–Trinajstić information content (AvgIpc) is 2.07. The predicted octanol–water partition coefficient (Wildman–Crippen LogP) is 1.37. The van der Waals surface area contributed by atoms with Crippen LogP contribution in [0.25, 0.3) is 0 Å². The number of likely N-dealkylation sites (N-methyl/N-ethyl adjacent to an activating group) is 1. The Kier molecular flexibility index (Phi) is 4.10. The highest BCUT2D eigenvalue weighted by atomic mass is 79.9. The number of hydrogen-bond acceptors (Lipinski definition) is 2. The van der Waals surface area contributed by atoms with Gasteiger partial charge in [0.05, 0.1) is 6.54 Å². The molecule has 3 nitrogen and oxygen atoms in total. The van der Waals surface area contributed by atoms with E-state index in [0.29, 0.717) is 6.54 Å². The average molecular weight is 257 g/mol. The molecule has 0 bridgehead atoms. The Morgan fingerprint density at radius 1 is 1.50 bits per heavy atom. The highest BCUT2D eigenvalue weighted by molar-refractivity contribution is 9.10. The molecule has 2 N–H and O–H groups in total. The summed E-state index contributed by atoms with van der Waals surface area (Å²) in [7, 11) is 1.87. The molecule has 0 aliphatic rings. The van der Waals surface area contributed by atoms with E-state index >= 15 is 0 Å². The standard InChI is InChI=1S/C10H13BrN2O/c1-13(7-10(12)14)6-8-4-2-3-5-9(8)11/h2-5H,6-7H2,1H3,(H2,12,14). The third-order valence-electron chi connectivity index (χ3n) is 1.82. The van der Waals surface area contributed by atoms with Crippen molar-refractivity contribution in [3.63, 3.8) is 0 Å². The van der Waals surface area contributed by atoms with E-state index in [1.54, 1.807) is 0 Å². The Bertz CT molecular complexity index is 328. The molecule has 0 unspecified atom stereocenters. The van der Waals surface area contributed by atoms with Gasteiger partial charge in [0.2, 0.25) is 5.91 Å². The number of hydrogen-bond donors (Lipinski definition) is 1. The Balaban J connectivity index is 2.60. The lowest BCUT2D eigenvalue weighted by atomic mass is 10.2. The first-order valence-corrected chi connectivity index (χ1v) is 5.09. The lowest BCUT2D eigenvalue weighted by molar-refractivity contribution is -0.118. The minimum atomic E-state index is -0.306. The van der Waals surface area contributed by atoms with E-state index in [0.717, 1.165) is 10.0 Å². The maximum absolute atomic E-state index is 10.7. The van der Waals surface area contributed by atoms with Crippen LogP contribution >= 0.6 is 15.9 Å². The number of rotatable bonds is 4. The minimum absolute atomic E-state index is 0.279. The van der Waals surface area contributed by atoms with Gasteiger partial charge in [0.1, 0.15) is 0 Å². The quantitative estimate of drug-likeness (QED) is 0.885. The highest BCUT2D eigenvalue weighted by Gasteiger charge is 2.05. The van der Waals surface area contributed by atoms with Gasteiger partial charge in [0.15, 0.2) is 0 Å². The summed E-state index contributed by atoms with van der Waals surface area (Å²) in [5.41, 5.74) is 6.24. The predicted molar refractivity (Wildman–Crippen MR) is 59.7 cm³/mol. The number of benzene rings is 1. The van der Waals surface area contributed by atoms with Crippen LogP contribution < -0.4 is 5.73 Å². The number of amides is 1. The number of nitrogens with two attached hydrogens (primary N) is 1. The summed E-state index contributed by atoms with van der Waals surface area (Å²) < 4.78 is 1.05. The van der Waals surface area contributed by atoms with Crippen LogP contribution in [-0.2, 0) is 11.3 Å². The lowest BCUT2D eigenvalue weighted by Crippen LogP contribution is -2.30. The van der Waals surface area contributed by atoms with Gasteiger partial charge in [-0.05, 0) is 18.7 Å². The van der Waals surface area contributed by atoms with Gasteiger partial charge in [0.25, 0.3) is 0 Å². The van der Waals surface area contributed by atoms with Crippen LogP contribution in [-0.4, -0.2) is 24.4 Å². The lowest BCUT2D eigenvalue weighted by Gasteiger charge is -2.15. The smallest absolute Gasteiger partial charge is 0.231 e. The number of nitrogens with zero attached hydrogens (tertiary/aromatic N) is 1. The fraction of sp³-hybridized carbons (Fsp3) is 0.300. The van der Waals surface area contributed by atoms with Crippen LogP contribution in [0, 0.1) is 0 Å². The van der Waals surface area contributed by atoms with Crippen molar-refractivity contribution in [3.05, 3.63) is 34.3 Å². The number of primary amides is 1. The molecule has 0 aliphatic carbocycles. The Labute approximate surface area is 92.0 Å². The van der Waals surface area contributed by atoms with E-state index in [4.69, 9.17) is 5.73 Å². The number of halogens is 1.